The fourth-order valence-electron chi connectivity index (χ4n) is 4.45. The molecule has 0 saturated carbocycles. The summed E-state index contributed by atoms with van der Waals surface area (Å²) in [6.45, 7) is 4.94. The van der Waals surface area contributed by atoms with Gasteiger partial charge in [-0.3, -0.25) is 10.2 Å². The van der Waals surface area contributed by atoms with E-state index in [1.807, 2.05) is 72.8 Å². The second-order valence-electron chi connectivity index (χ2n) is 9.28. The van der Waals surface area contributed by atoms with Crippen LogP contribution >= 0.6 is 15.9 Å². The number of hydrazine groups is 1. The lowest BCUT2D eigenvalue weighted by molar-refractivity contribution is -0.129. The number of aliphatic hydroxyl groups excluding tert-OH is 1. The zero-order chi connectivity index (χ0) is 28.4. The number of carbonyl (C=O) groups excluding carboxylic acids is 1. The highest BCUT2D eigenvalue weighted by molar-refractivity contribution is 9.10. The molecule has 0 radical (unpaired) electrons. The van der Waals surface area contributed by atoms with Crippen LogP contribution in [0.1, 0.15) is 35.6 Å². The quantitative estimate of drug-likeness (QED) is 0.137. The second kappa shape index (κ2) is 14.1. The van der Waals surface area contributed by atoms with Gasteiger partial charge in [-0.15, -0.1) is 6.58 Å². The van der Waals surface area contributed by atoms with Crippen molar-refractivity contribution in [1.29, 1.82) is 0 Å². The van der Waals surface area contributed by atoms with Crippen LogP contribution in [-0.2, 0) is 16.0 Å². The summed E-state index contributed by atoms with van der Waals surface area (Å²) in [6, 6.07) is 22.8. The summed E-state index contributed by atoms with van der Waals surface area (Å²) in [5.41, 5.74) is 7.28. The van der Waals surface area contributed by atoms with Crippen molar-refractivity contribution in [2.24, 2.45) is 4.99 Å². The van der Waals surface area contributed by atoms with Crippen molar-refractivity contribution in [1.82, 2.24) is 10.9 Å². The fourth-order valence-corrected chi connectivity index (χ4v) is 4.94. The van der Waals surface area contributed by atoms with E-state index in [1.165, 1.54) is 0 Å². The molecule has 1 aliphatic rings. The number of nitrogens with zero attached hydrogens (tertiary/aromatic N) is 1. The fraction of sp³-hybridized carbons (Fsp3) is 0.290. The van der Waals surface area contributed by atoms with E-state index in [2.05, 4.69) is 33.4 Å². The van der Waals surface area contributed by atoms with Gasteiger partial charge in [-0.1, -0.05) is 52.3 Å². The van der Waals surface area contributed by atoms with Gasteiger partial charge >= 0.3 is 0 Å². The number of amides is 1. The van der Waals surface area contributed by atoms with Crippen molar-refractivity contribution in [2.75, 3.05) is 26.9 Å². The minimum Gasteiger partial charge on any atom is -0.497 e. The largest absolute Gasteiger partial charge is 0.497 e. The van der Waals surface area contributed by atoms with Gasteiger partial charge in [0.25, 0.3) is 5.91 Å². The number of aliphatic imine (C=N–C) groups is 1. The van der Waals surface area contributed by atoms with Crippen LogP contribution in [0.3, 0.4) is 0 Å². The summed E-state index contributed by atoms with van der Waals surface area (Å²) in [7, 11) is 1.64. The van der Waals surface area contributed by atoms with E-state index in [0.717, 1.165) is 26.9 Å². The van der Waals surface area contributed by atoms with Crippen LogP contribution in [0.5, 0.6) is 11.5 Å². The number of nitrogens with one attached hydrogen (secondary N) is 2. The van der Waals surface area contributed by atoms with Crippen molar-refractivity contribution in [3.05, 3.63) is 107 Å². The second-order valence-corrected chi connectivity index (χ2v) is 10.1. The molecule has 3 aromatic carbocycles. The average molecular weight is 609 g/mol. The van der Waals surface area contributed by atoms with Crippen LogP contribution in [0.25, 0.3) is 0 Å². The van der Waals surface area contributed by atoms with Gasteiger partial charge in [-0.2, -0.15) is 0 Å². The third kappa shape index (κ3) is 6.91. The van der Waals surface area contributed by atoms with E-state index >= 15 is 0 Å². The summed E-state index contributed by atoms with van der Waals surface area (Å²) in [4.78, 5) is 18.7. The Balaban J connectivity index is 1.55. The maximum Gasteiger partial charge on any atom is 0.266 e. The normalized spacial score (nSPS) is 18.0. The first-order valence-electron chi connectivity index (χ1n) is 13.1. The highest BCUT2D eigenvalue weighted by atomic mass is 79.9. The molecule has 210 valence electrons. The van der Waals surface area contributed by atoms with Crippen molar-refractivity contribution in [3.8, 4) is 11.5 Å². The molecule has 1 amide bonds. The lowest BCUT2D eigenvalue weighted by Gasteiger charge is -2.30. The zero-order valence-electron chi connectivity index (χ0n) is 22.4. The molecule has 3 aromatic rings. The molecule has 0 aliphatic carbocycles. The maximum atomic E-state index is 13.8. The van der Waals surface area contributed by atoms with E-state index < -0.39 is 11.6 Å². The van der Waals surface area contributed by atoms with Crippen molar-refractivity contribution in [3.63, 3.8) is 0 Å². The van der Waals surface area contributed by atoms with Crippen LogP contribution in [-0.4, -0.2) is 49.3 Å². The monoisotopic (exact) mass is 607 g/mol. The number of aliphatic hydroxyl groups is 1. The van der Waals surface area contributed by atoms with E-state index in [1.54, 1.807) is 13.2 Å². The number of benzene rings is 3. The third-order valence-corrected chi connectivity index (χ3v) is 7.29. The average Bonchev–Trinajstić information content (AvgIpc) is 3.36. The zero-order valence-corrected chi connectivity index (χ0v) is 24.0. The van der Waals surface area contributed by atoms with Crippen molar-refractivity contribution in [2.45, 2.75) is 30.9 Å². The number of carbonyl (C=O) groups is 1. The highest BCUT2D eigenvalue weighted by Crippen LogP contribution is 2.44. The molecule has 0 saturated heterocycles. The van der Waals surface area contributed by atoms with E-state index in [-0.39, 0.29) is 18.9 Å². The number of rotatable bonds is 14. The molecule has 1 heterocycles. The third-order valence-electron chi connectivity index (χ3n) is 6.57. The highest BCUT2D eigenvalue weighted by Gasteiger charge is 2.53. The van der Waals surface area contributed by atoms with E-state index in [0.29, 0.717) is 37.6 Å². The Morgan fingerprint density at radius 1 is 1.12 bits per heavy atom. The number of hydrogen-bond acceptors (Lipinski definition) is 7. The molecular formula is C31H34BrN3O5. The molecule has 0 fully saturated rings. The molecule has 0 spiro atoms. The number of hydrogen-bond donors (Lipinski definition) is 3. The summed E-state index contributed by atoms with van der Waals surface area (Å²) in [6.07, 6.45) is 2.52. The smallest absolute Gasteiger partial charge is 0.266 e. The van der Waals surface area contributed by atoms with Gasteiger partial charge in [-0.05, 0) is 54.4 Å². The van der Waals surface area contributed by atoms with Gasteiger partial charge in [0.05, 0.1) is 13.7 Å². The molecule has 0 unspecified atom stereocenters. The number of halogens is 1. The topological polar surface area (TPSA) is 101 Å². The molecular weight excluding hydrogens is 574 g/mol. The van der Waals surface area contributed by atoms with Crippen molar-refractivity contribution >= 4 is 27.7 Å². The molecule has 3 N–H and O–H groups in total. The molecule has 40 heavy (non-hydrogen) atoms. The van der Waals surface area contributed by atoms with Gasteiger partial charge in [0.15, 0.2) is 11.6 Å². The van der Waals surface area contributed by atoms with Crippen LogP contribution in [0.4, 0.5) is 0 Å². The molecule has 1 aliphatic heterocycles. The van der Waals surface area contributed by atoms with Gasteiger partial charge in [0.1, 0.15) is 11.5 Å². The molecule has 8 nitrogen and oxygen atoms in total. The van der Waals surface area contributed by atoms with Crippen LogP contribution in [0.2, 0.25) is 0 Å². The SMILES string of the molecule is C=CC[C@]1(C(=O)NNCCc2ccc(OC)cc2)N=C(c2ccc(OCCCO)cc2)O[C@H]1c1ccccc1Br. The lowest BCUT2D eigenvalue weighted by atomic mass is 9.84. The lowest BCUT2D eigenvalue weighted by Crippen LogP contribution is -2.52. The predicted octanol–water partition coefficient (Wildman–Crippen LogP) is 4.92. The molecule has 9 heteroatoms. The summed E-state index contributed by atoms with van der Waals surface area (Å²) >= 11 is 3.63. The van der Waals surface area contributed by atoms with Gasteiger partial charge in [0.2, 0.25) is 5.90 Å². The van der Waals surface area contributed by atoms with Gasteiger partial charge in [-0.25, -0.2) is 10.4 Å². The Kier molecular flexibility index (Phi) is 10.3. The maximum absolute atomic E-state index is 13.8. The summed E-state index contributed by atoms with van der Waals surface area (Å²) in [5.74, 6) is 1.52. The first kappa shape index (κ1) is 29.3. The predicted molar refractivity (Wildman–Crippen MR) is 159 cm³/mol. The van der Waals surface area contributed by atoms with Gasteiger partial charge in [0, 0.05) is 41.6 Å². The molecule has 4 rings (SSSR count). The Morgan fingerprint density at radius 2 is 1.85 bits per heavy atom. The van der Waals surface area contributed by atoms with E-state index in [9.17, 15) is 4.79 Å². The standard InChI is InChI=1S/C31H34BrN3O5/c1-3-18-31(30(37)35-33-19-17-22-9-13-24(38-2)14-10-22)28(26-7-4-5-8-27(26)32)40-29(34-31)23-11-15-25(16-12-23)39-21-6-20-36/h3-5,7-16,28,33,36H,1,6,17-21H2,2H3,(H,35,37)/t28-,31-/m0/s1. The minimum atomic E-state index is -1.29. The van der Waals surface area contributed by atoms with Crippen LogP contribution in [0, 0.1) is 0 Å². The summed E-state index contributed by atoms with van der Waals surface area (Å²) in [5, 5.41) is 8.98. The summed E-state index contributed by atoms with van der Waals surface area (Å²) < 4.78 is 18.1. The van der Waals surface area contributed by atoms with E-state index in [4.69, 9.17) is 24.3 Å². The van der Waals surface area contributed by atoms with Crippen LogP contribution in [0.15, 0.2) is 94.9 Å². The Labute approximate surface area is 243 Å². The minimum absolute atomic E-state index is 0.0724. The Morgan fingerprint density at radius 3 is 2.52 bits per heavy atom. The molecule has 2 atom stereocenters. The van der Waals surface area contributed by atoms with Gasteiger partial charge < -0.3 is 19.3 Å². The first-order chi connectivity index (χ1) is 19.5. The first-order valence-corrected chi connectivity index (χ1v) is 13.9. The molecule has 0 aromatic heterocycles. The van der Waals surface area contributed by atoms with Crippen molar-refractivity contribution < 1.29 is 24.1 Å². The number of methoxy groups -OCH3 is 1. The van der Waals surface area contributed by atoms with Crippen LogP contribution < -0.4 is 20.3 Å². The Bertz CT molecular complexity index is 1310. The Hall–Kier alpha value is -3.66. The molecule has 0 bridgehead atoms. The number of ether oxygens (including phenoxy) is 3.